The number of hydrogen-bond acceptors (Lipinski definition) is 3. The highest BCUT2D eigenvalue weighted by atomic mass is 32.1. The minimum atomic E-state index is -0.153. The molecule has 0 saturated carbocycles. The van der Waals surface area contributed by atoms with E-state index in [1.54, 1.807) is 6.20 Å². The molecule has 0 aliphatic heterocycles. The molecule has 1 heterocycles. The minimum Gasteiger partial charge on any atom is -0.353 e. The van der Waals surface area contributed by atoms with Crippen molar-refractivity contribution in [1.82, 2.24) is 4.98 Å². The van der Waals surface area contributed by atoms with Gasteiger partial charge < -0.3 is 16.5 Å². The van der Waals surface area contributed by atoms with Gasteiger partial charge in [-0.2, -0.15) is 0 Å². The largest absolute Gasteiger partial charge is 0.353 e. The van der Waals surface area contributed by atoms with Crippen molar-refractivity contribution in [2.24, 2.45) is 11.5 Å². The van der Waals surface area contributed by atoms with Gasteiger partial charge in [0.1, 0.15) is 4.64 Å². The van der Waals surface area contributed by atoms with Crippen LogP contribution in [0.25, 0.3) is 0 Å². The molecule has 1 rings (SSSR count). The third-order valence-electron chi connectivity index (χ3n) is 1.50. The molecule has 1 atom stereocenters. The summed E-state index contributed by atoms with van der Waals surface area (Å²) in [7, 11) is 0. The molecule has 4 heteroatoms. The fraction of sp³-hybridized carbons (Fsp3) is 0.286. The third-order valence-corrected chi connectivity index (χ3v) is 1.86. The van der Waals surface area contributed by atoms with Crippen molar-refractivity contribution in [3.05, 3.63) is 28.5 Å². The van der Waals surface area contributed by atoms with Crippen molar-refractivity contribution < 1.29 is 0 Å². The third kappa shape index (κ3) is 1.86. The molecule has 0 saturated heterocycles. The van der Waals surface area contributed by atoms with E-state index in [4.69, 9.17) is 23.7 Å². The first-order chi connectivity index (χ1) is 5.25. The number of rotatable bonds is 2. The van der Waals surface area contributed by atoms with Crippen LogP contribution in [0.15, 0.2) is 18.3 Å². The Labute approximate surface area is 70.4 Å². The van der Waals surface area contributed by atoms with Gasteiger partial charge in [0.15, 0.2) is 0 Å². The van der Waals surface area contributed by atoms with Crippen LogP contribution in [-0.4, -0.2) is 11.5 Å². The Balaban J connectivity index is 3.03. The summed E-state index contributed by atoms with van der Waals surface area (Å²) >= 11 is 5.00. The van der Waals surface area contributed by atoms with Crippen LogP contribution in [0.4, 0.5) is 0 Å². The first-order valence-electron chi connectivity index (χ1n) is 3.39. The van der Waals surface area contributed by atoms with E-state index < -0.39 is 0 Å². The van der Waals surface area contributed by atoms with Gasteiger partial charge >= 0.3 is 0 Å². The van der Waals surface area contributed by atoms with Crippen molar-refractivity contribution >= 4 is 12.2 Å². The monoisotopic (exact) mass is 169 g/mol. The number of nitrogens with two attached hydrogens (primary N) is 2. The fourth-order valence-electron chi connectivity index (χ4n) is 0.854. The first-order valence-corrected chi connectivity index (χ1v) is 3.79. The molecule has 11 heavy (non-hydrogen) atoms. The van der Waals surface area contributed by atoms with Gasteiger partial charge in [0.25, 0.3) is 0 Å². The highest BCUT2D eigenvalue weighted by molar-refractivity contribution is 7.71. The molecule has 0 bridgehead atoms. The van der Waals surface area contributed by atoms with Crippen LogP contribution in [0, 0.1) is 4.64 Å². The average Bonchev–Trinajstić information content (AvgIpc) is 2.04. The highest BCUT2D eigenvalue weighted by Gasteiger charge is 2.03. The molecule has 0 aliphatic rings. The molecule has 0 aromatic carbocycles. The Morgan fingerprint density at radius 3 is 2.91 bits per heavy atom. The molecule has 1 aromatic rings. The van der Waals surface area contributed by atoms with Crippen LogP contribution in [0.1, 0.15) is 11.6 Å². The molecular weight excluding hydrogens is 158 g/mol. The smallest absolute Gasteiger partial charge is 0.108 e. The van der Waals surface area contributed by atoms with Crippen LogP contribution in [0.5, 0.6) is 0 Å². The van der Waals surface area contributed by atoms with Gasteiger partial charge in [0.2, 0.25) is 0 Å². The van der Waals surface area contributed by atoms with Gasteiger partial charge in [-0.25, -0.2) is 0 Å². The van der Waals surface area contributed by atoms with Crippen LogP contribution < -0.4 is 11.5 Å². The Hall–Kier alpha value is -0.710. The van der Waals surface area contributed by atoms with Gasteiger partial charge in [-0.15, -0.1) is 0 Å². The Morgan fingerprint density at radius 2 is 2.36 bits per heavy atom. The van der Waals surface area contributed by atoms with Crippen LogP contribution in [-0.2, 0) is 0 Å². The minimum absolute atomic E-state index is 0.153. The van der Waals surface area contributed by atoms with E-state index in [0.29, 0.717) is 11.2 Å². The van der Waals surface area contributed by atoms with Crippen molar-refractivity contribution in [2.75, 3.05) is 6.54 Å². The van der Waals surface area contributed by atoms with Crippen LogP contribution in [0.3, 0.4) is 0 Å². The topological polar surface area (TPSA) is 67.8 Å². The standard InChI is InChI=1S/C7H11N3S/c8-4-6(9)5-2-1-3-10-7(5)11/h1-3,6H,4,8-9H2,(H,10,11)/t6-/m0/s1. The zero-order valence-corrected chi connectivity index (χ0v) is 6.90. The van der Waals surface area contributed by atoms with Crippen LogP contribution >= 0.6 is 12.2 Å². The summed E-state index contributed by atoms with van der Waals surface area (Å²) in [5.41, 5.74) is 12.0. The van der Waals surface area contributed by atoms with E-state index in [-0.39, 0.29) is 6.04 Å². The van der Waals surface area contributed by atoms with E-state index in [1.807, 2.05) is 12.1 Å². The Bertz CT molecular complexity index is 281. The molecule has 60 valence electrons. The summed E-state index contributed by atoms with van der Waals surface area (Å²) in [5, 5.41) is 0. The van der Waals surface area contributed by atoms with E-state index in [2.05, 4.69) is 4.98 Å². The van der Waals surface area contributed by atoms with E-state index in [1.165, 1.54) is 0 Å². The molecule has 0 aliphatic carbocycles. The predicted octanol–water partition coefficient (Wildman–Crippen LogP) is 0.703. The van der Waals surface area contributed by atoms with Gasteiger partial charge in [0, 0.05) is 24.3 Å². The molecule has 5 N–H and O–H groups in total. The second-order valence-corrected chi connectivity index (χ2v) is 2.71. The maximum atomic E-state index is 5.68. The van der Waals surface area contributed by atoms with Gasteiger partial charge in [0.05, 0.1) is 0 Å². The summed E-state index contributed by atoms with van der Waals surface area (Å²) in [6.07, 6.45) is 1.77. The number of aromatic amines is 1. The fourth-order valence-corrected chi connectivity index (χ4v) is 1.14. The molecule has 0 spiro atoms. The van der Waals surface area contributed by atoms with Crippen molar-refractivity contribution in [1.29, 1.82) is 0 Å². The van der Waals surface area contributed by atoms with Crippen molar-refractivity contribution in [3.63, 3.8) is 0 Å². The quantitative estimate of drug-likeness (QED) is 0.571. The zero-order chi connectivity index (χ0) is 8.27. The molecule has 0 radical (unpaired) electrons. The second-order valence-electron chi connectivity index (χ2n) is 2.30. The molecule has 0 fully saturated rings. The second kappa shape index (κ2) is 3.61. The van der Waals surface area contributed by atoms with Gasteiger partial charge in [-0.3, -0.25) is 0 Å². The summed E-state index contributed by atoms with van der Waals surface area (Å²) in [6.45, 7) is 0.418. The SMILES string of the molecule is NC[C@H](N)c1ccc[nH]c1=S. The van der Waals surface area contributed by atoms with Crippen molar-refractivity contribution in [3.8, 4) is 0 Å². The maximum absolute atomic E-state index is 5.68. The summed E-state index contributed by atoms with van der Waals surface area (Å²) in [5.74, 6) is 0. The Morgan fingerprint density at radius 1 is 1.64 bits per heavy atom. The molecule has 0 unspecified atom stereocenters. The number of nitrogens with one attached hydrogen (secondary N) is 1. The summed E-state index contributed by atoms with van der Waals surface area (Å²) in [6, 6.07) is 3.59. The lowest BCUT2D eigenvalue weighted by Gasteiger charge is -2.07. The van der Waals surface area contributed by atoms with E-state index in [9.17, 15) is 0 Å². The number of hydrogen-bond donors (Lipinski definition) is 3. The number of pyridine rings is 1. The molecule has 3 nitrogen and oxygen atoms in total. The summed E-state index contributed by atoms with van der Waals surface area (Å²) in [4.78, 5) is 2.89. The zero-order valence-electron chi connectivity index (χ0n) is 6.08. The van der Waals surface area contributed by atoms with Crippen LogP contribution in [0.2, 0.25) is 0 Å². The highest BCUT2D eigenvalue weighted by Crippen LogP contribution is 2.07. The molecular formula is C7H11N3S. The maximum Gasteiger partial charge on any atom is 0.108 e. The average molecular weight is 169 g/mol. The first kappa shape index (κ1) is 8.39. The lowest BCUT2D eigenvalue weighted by molar-refractivity contribution is 0.730. The van der Waals surface area contributed by atoms with E-state index in [0.717, 1.165) is 5.56 Å². The lowest BCUT2D eigenvalue weighted by atomic mass is 10.1. The van der Waals surface area contributed by atoms with Gasteiger partial charge in [-0.1, -0.05) is 18.3 Å². The van der Waals surface area contributed by atoms with Gasteiger partial charge in [-0.05, 0) is 6.07 Å². The Kier molecular flexibility index (Phi) is 2.76. The predicted molar refractivity (Wildman–Crippen MR) is 47.6 cm³/mol. The number of H-pyrrole nitrogens is 1. The lowest BCUT2D eigenvalue weighted by Crippen LogP contribution is -2.21. The number of aromatic nitrogens is 1. The van der Waals surface area contributed by atoms with Crippen molar-refractivity contribution in [2.45, 2.75) is 6.04 Å². The normalized spacial score (nSPS) is 12.9. The summed E-state index contributed by atoms with van der Waals surface area (Å²) < 4.78 is 0.672. The molecule has 1 aromatic heterocycles. The molecule has 0 amide bonds. The van der Waals surface area contributed by atoms with E-state index >= 15 is 0 Å².